The first-order valence-electron chi connectivity index (χ1n) is 10.6. The molecule has 1 saturated heterocycles. The minimum absolute atomic E-state index is 0. The molecule has 1 aliphatic heterocycles. The summed E-state index contributed by atoms with van der Waals surface area (Å²) in [5.41, 5.74) is 2.50. The van der Waals surface area contributed by atoms with Gasteiger partial charge in [-0.2, -0.15) is 17.9 Å². The van der Waals surface area contributed by atoms with Gasteiger partial charge in [0.2, 0.25) is 5.52 Å². The Balaban J connectivity index is 0.00000245. The summed E-state index contributed by atoms with van der Waals surface area (Å²) >= 11 is 6.16. The summed E-state index contributed by atoms with van der Waals surface area (Å²) in [6.45, 7) is 1.94. The standard InChI is InChI=1S/C24H22ClF3N2O.H2O/c25-19-7-8-21-17(11-19)12-20-22(29-9-1-2-10-29)13-16(14-23(20)30(21)31)15-3-5-18(6-4-15)24(26,27)28;/h3-8,11-12,16,22H,1-2,9-10,13-14H2;1H2. The van der Waals surface area contributed by atoms with Crippen LogP contribution < -0.4 is 4.73 Å². The second-order valence-electron chi connectivity index (χ2n) is 8.56. The van der Waals surface area contributed by atoms with Crippen LogP contribution in [0.4, 0.5) is 13.2 Å². The van der Waals surface area contributed by atoms with Gasteiger partial charge in [0.05, 0.1) is 5.56 Å². The van der Waals surface area contributed by atoms with Crippen molar-refractivity contribution in [1.82, 2.24) is 4.90 Å². The second kappa shape index (κ2) is 8.54. The van der Waals surface area contributed by atoms with E-state index in [1.165, 1.54) is 0 Å². The van der Waals surface area contributed by atoms with Crippen LogP contribution in [0, 0.1) is 5.21 Å². The Morgan fingerprint density at radius 3 is 2.34 bits per heavy atom. The van der Waals surface area contributed by atoms with Crippen LogP contribution in [0.1, 0.15) is 53.6 Å². The molecule has 2 aromatic carbocycles. The minimum atomic E-state index is -4.35. The molecule has 0 spiro atoms. The summed E-state index contributed by atoms with van der Waals surface area (Å²) in [6.07, 6.45) is -0.827. The van der Waals surface area contributed by atoms with Crippen molar-refractivity contribution in [3.05, 3.63) is 81.1 Å². The van der Waals surface area contributed by atoms with Crippen LogP contribution in [0.2, 0.25) is 5.02 Å². The van der Waals surface area contributed by atoms with E-state index in [2.05, 4.69) is 11.0 Å². The Morgan fingerprint density at radius 1 is 1.00 bits per heavy atom. The molecule has 2 N–H and O–H groups in total. The van der Waals surface area contributed by atoms with Gasteiger partial charge in [0.1, 0.15) is 0 Å². The van der Waals surface area contributed by atoms with Gasteiger partial charge in [-0.05, 0) is 74.2 Å². The van der Waals surface area contributed by atoms with E-state index in [0.29, 0.717) is 22.7 Å². The molecule has 1 aromatic heterocycles. The molecule has 5 rings (SSSR count). The predicted molar refractivity (Wildman–Crippen MR) is 118 cm³/mol. The van der Waals surface area contributed by atoms with Crippen molar-refractivity contribution < 1.29 is 23.4 Å². The Hall–Kier alpha value is -2.35. The van der Waals surface area contributed by atoms with E-state index in [1.54, 1.807) is 24.3 Å². The van der Waals surface area contributed by atoms with E-state index < -0.39 is 11.7 Å². The zero-order valence-corrected chi connectivity index (χ0v) is 18.1. The topological polar surface area (TPSA) is 61.7 Å². The molecule has 4 nitrogen and oxygen atoms in total. The van der Waals surface area contributed by atoms with Crippen LogP contribution in [-0.4, -0.2) is 23.5 Å². The number of fused-ring (bicyclic) bond motifs is 2. The SMILES string of the molecule is O.[O-][n+]1c2c(cc3cc(Cl)ccc31)C(N1CCCC1)CC(c1ccc(C(F)(F)F)cc1)C2. The number of likely N-dealkylation sites (tertiary alicyclic amines) is 1. The molecule has 170 valence electrons. The number of hydrogen-bond acceptors (Lipinski definition) is 2. The molecule has 1 fully saturated rings. The second-order valence-corrected chi connectivity index (χ2v) is 9.00. The van der Waals surface area contributed by atoms with Gasteiger partial charge in [-0.3, -0.25) is 4.90 Å². The molecule has 2 atom stereocenters. The highest BCUT2D eigenvalue weighted by atomic mass is 35.5. The van der Waals surface area contributed by atoms with E-state index >= 15 is 0 Å². The number of benzene rings is 2. The van der Waals surface area contributed by atoms with Crippen molar-refractivity contribution in [1.29, 1.82) is 0 Å². The van der Waals surface area contributed by atoms with Crippen molar-refractivity contribution in [3.8, 4) is 0 Å². The van der Waals surface area contributed by atoms with Crippen molar-refractivity contribution in [2.24, 2.45) is 0 Å². The minimum Gasteiger partial charge on any atom is -0.618 e. The molecule has 2 unspecified atom stereocenters. The maximum Gasteiger partial charge on any atom is 0.416 e. The van der Waals surface area contributed by atoms with Gasteiger partial charge in [0.15, 0.2) is 5.69 Å². The van der Waals surface area contributed by atoms with Gasteiger partial charge < -0.3 is 10.7 Å². The number of alkyl halides is 3. The van der Waals surface area contributed by atoms with Gasteiger partial charge in [-0.25, -0.2) is 0 Å². The molecular weight excluding hydrogens is 441 g/mol. The Morgan fingerprint density at radius 2 is 1.69 bits per heavy atom. The van der Waals surface area contributed by atoms with E-state index in [-0.39, 0.29) is 17.4 Å². The summed E-state index contributed by atoms with van der Waals surface area (Å²) in [4.78, 5) is 2.41. The summed E-state index contributed by atoms with van der Waals surface area (Å²) < 4.78 is 40.0. The van der Waals surface area contributed by atoms with Crippen molar-refractivity contribution in [3.63, 3.8) is 0 Å². The average Bonchev–Trinajstić information content (AvgIpc) is 3.27. The molecule has 32 heavy (non-hydrogen) atoms. The van der Waals surface area contributed by atoms with Crippen LogP contribution in [0.25, 0.3) is 10.9 Å². The van der Waals surface area contributed by atoms with Gasteiger partial charge >= 0.3 is 6.18 Å². The lowest BCUT2D eigenvalue weighted by molar-refractivity contribution is -0.587. The molecule has 3 aromatic rings. The normalized spacial score (nSPS) is 21.4. The first-order valence-corrected chi connectivity index (χ1v) is 10.9. The fourth-order valence-corrected chi connectivity index (χ4v) is 5.32. The summed E-state index contributed by atoms with van der Waals surface area (Å²) in [6, 6.07) is 12.8. The average molecular weight is 465 g/mol. The highest BCUT2D eigenvalue weighted by Gasteiger charge is 2.38. The third kappa shape index (κ3) is 4.05. The molecule has 0 saturated carbocycles. The Bertz CT molecular complexity index is 1130. The molecule has 0 bridgehead atoms. The monoisotopic (exact) mass is 464 g/mol. The number of hydrogen-bond donors (Lipinski definition) is 0. The van der Waals surface area contributed by atoms with Crippen LogP contribution in [0.5, 0.6) is 0 Å². The highest BCUT2D eigenvalue weighted by molar-refractivity contribution is 6.31. The molecule has 1 aliphatic carbocycles. The van der Waals surface area contributed by atoms with Crippen molar-refractivity contribution >= 4 is 22.5 Å². The van der Waals surface area contributed by atoms with Gasteiger partial charge in [-0.1, -0.05) is 23.7 Å². The van der Waals surface area contributed by atoms with Crippen LogP contribution in [-0.2, 0) is 12.6 Å². The van der Waals surface area contributed by atoms with Crippen molar-refractivity contribution in [2.45, 2.75) is 43.8 Å². The third-order valence-corrected chi connectivity index (χ3v) is 6.93. The molecular formula is C24H24ClF3N2O2. The smallest absolute Gasteiger partial charge is 0.416 e. The first kappa shape index (κ1) is 22.8. The van der Waals surface area contributed by atoms with E-state index in [0.717, 1.165) is 65.7 Å². The maximum atomic E-state index is 13.3. The largest absolute Gasteiger partial charge is 0.618 e. The van der Waals surface area contributed by atoms with Crippen LogP contribution in [0.3, 0.4) is 0 Å². The number of rotatable bonds is 2. The highest BCUT2D eigenvalue weighted by Crippen LogP contribution is 2.43. The summed E-state index contributed by atoms with van der Waals surface area (Å²) in [5, 5.41) is 14.7. The molecule has 0 amide bonds. The number of nitrogens with zero attached hydrogens (tertiary/aromatic N) is 2. The lowest BCUT2D eigenvalue weighted by atomic mass is 9.78. The molecule has 2 heterocycles. The Labute approximate surface area is 189 Å². The number of halogens is 4. The van der Waals surface area contributed by atoms with Crippen LogP contribution >= 0.6 is 11.6 Å². The molecule has 8 heteroatoms. The first-order chi connectivity index (χ1) is 14.8. The third-order valence-electron chi connectivity index (χ3n) is 6.70. The fraction of sp³-hybridized carbons (Fsp3) is 0.375. The molecule has 2 aliphatic rings. The summed E-state index contributed by atoms with van der Waals surface area (Å²) in [5.74, 6) is -0.00895. The maximum absolute atomic E-state index is 13.3. The quantitative estimate of drug-likeness (QED) is 0.387. The lowest BCUT2D eigenvalue weighted by Gasteiger charge is -2.36. The zero-order valence-electron chi connectivity index (χ0n) is 17.3. The van der Waals surface area contributed by atoms with Gasteiger partial charge in [0, 0.05) is 34.5 Å². The Kier molecular flexibility index (Phi) is 6.09. The van der Waals surface area contributed by atoms with Gasteiger partial charge in [0.25, 0.3) is 0 Å². The van der Waals surface area contributed by atoms with Crippen LogP contribution in [0.15, 0.2) is 48.5 Å². The van der Waals surface area contributed by atoms with Crippen molar-refractivity contribution in [2.75, 3.05) is 13.1 Å². The van der Waals surface area contributed by atoms with Gasteiger partial charge in [-0.15, -0.1) is 0 Å². The van der Waals surface area contributed by atoms with E-state index in [9.17, 15) is 18.4 Å². The fourth-order valence-electron chi connectivity index (χ4n) is 5.14. The number of aromatic nitrogens is 1. The summed E-state index contributed by atoms with van der Waals surface area (Å²) in [7, 11) is 0. The van der Waals surface area contributed by atoms with E-state index in [1.807, 2.05) is 6.07 Å². The zero-order chi connectivity index (χ0) is 21.8. The predicted octanol–water partition coefficient (Wildman–Crippen LogP) is 5.19. The van der Waals surface area contributed by atoms with E-state index in [4.69, 9.17) is 11.6 Å². The molecule has 0 radical (unpaired) electrons. The number of pyridine rings is 1. The lowest BCUT2D eigenvalue weighted by Crippen LogP contribution is -2.41.